The molecule has 0 atom stereocenters. The van der Waals surface area contributed by atoms with Gasteiger partial charge in [-0.3, -0.25) is 0 Å². The monoisotopic (exact) mass is 225 g/mol. The lowest BCUT2D eigenvalue weighted by Gasteiger charge is -2.12. The van der Waals surface area contributed by atoms with Crippen LogP contribution >= 0.6 is 0 Å². The van der Waals surface area contributed by atoms with E-state index in [1.807, 2.05) is 0 Å². The van der Waals surface area contributed by atoms with Gasteiger partial charge in [0, 0.05) is 12.6 Å². The van der Waals surface area contributed by atoms with Crippen LogP contribution in [0.3, 0.4) is 0 Å². The van der Waals surface area contributed by atoms with Gasteiger partial charge in [0.2, 0.25) is 5.95 Å². The highest BCUT2D eigenvalue weighted by atomic mass is 19.4. The summed E-state index contributed by atoms with van der Waals surface area (Å²) in [6.07, 6.45) is -4.93. The van der Waals surface area contributed by atoms with E-state index in [-0.39, 0.29) is 0 Å². The molecule has 0 aliphatic heterocycles. The van der Waals surface area contributed by atoms with Crippen LogP contribution in [0.2, 0.25) is 0 Å². The van der Waals surface area contributed by atoms with E-state index in [9.17, 15) is 17.6 Å². The average molecular weight is 225 g/mol. The minimum Gasteiger partial charge on any atom is -0.405 e. The van der Waals surface area contributed by atoms with E-state index in [0.717, 1.165) is 6.07 Å². The smallest absolute Gasteiger partial charge is 0.405 e. The van der Waals surface area contributed by atoms with Gasteiger partial charge in [-0.25, -0.2) is 4.98 Å². The first-order chi connectivity index (χ1) is 6.83. The molecule has 0 aromatic carbocycles. The molecule has 8 heteroatoms. The molecule has 0 bridgehead atoms. The molecule has 0 radical (unpaired) electrons. The standard InChI is InChI=1S/C7H7F4N3O/c8-6-3(2-12)4(1-5(13)14-6)15-7(9,10)11/h1H,2,12H2,(H2,13,14). The largest absolute Gasteiger partial charge is 0.573 e. The summed E-state index contributed by atoms with van der Waals surface area (Å²) in [6.45, 7) is -0.468. The van der Waals surface area contributed by atoms with E-state index in [4.69, 9.17) is 11.5 Å². The summed E-state index contributed by atoms with van der Waals surface area (Å²) in [5.74, 6) is -2.35. The summed E-state index contributed by atoms with van der Waals surface area (Å²) in [4.78, 5) is 3.12. The number of nitrogen functional groups attached to an aromatic ring is 1. The summed E-state index contributed by atoms with van der Waals surface area (Å²) >= 11 is 0. The number of hydrogen-bond donors (Lipinski definition) is 2. The molecule has 0 saturated carbocycles. The topological polar surface area (TPSA) is 74.2 Å². The van der Waals surface area contributed by atoms with E-state index in [1.54, 1.807) is 0 Å². The van der Waals surface area contributed by atoms with Gasteiger partial charge in [-0.15, -0.1) is 13.2 Å². The second kappa shape index (κ2) is 3.89. The van der Waals surface area contributed by atoms with E-state index >= 15 is 0 Å². The van der Waals surface area contributed by atoms with E-state index < -0.39 is 36.0 Å². The normalized spacial score (nSPS) is 11.5. The molecular formula is C7H7F4N3O. The van der Waals surface area contributed by atoms with Gasteiger partial charge in [-0.2, -0.15) is 4.39 Å². The number of aromatic nitrogens is 1. The lowest BCUT2D eigenvalue weighted by atomic mass is 10.2. The summed E-state index contributed by atoms with van der Waals surface area (Å²) in [7, 11) is 0. The van der Waals surface area contributed by atoms with E-state index in [2.05, 4.69) is 9.72 Å². The molecule has 0 aliphatic rings. The molecule has 0 fully saturated rings. The lowest BCUT2D eigenvalue weighted by molar-refractivity contribution is -0.275. The van der Waals surface area contributed by atoms with Crippen LogP contribution in [0.1, 0.15) is 5.56 Å². The molecule has 0 amide bonds. The van der Waals surface area contributed by atoms with Crippen molar-refractivity contribution < 1.29 is 22.3 Å². The molecular weight excluding hydrogens is 218 g/mol. The van der Waals surface area contributed by atoms with Crippen LogP contribution in [0.4, 0.5) is 23.4 Å². The summed E-state index contributed by atoms with van der Waals surface area (Å²) < 4.78 is 52.1. The maximum Gasteiger partial charge on any atom is 0.573 e. The quantitative estimate of drug-likeness (QED) is 0.585. The Labute approximate surface area is 81.8 Å². The zero-order valence-corrected chi connectivity index (χ0v) is 7.31. The SMILES string of the molecule is NCc1c(OC(F)(F)F)cc(N)nc1F. The van der Waals surface area contributed by atoms with Crippen LogP contribution in [-0.2, 0) is 6.54 Å². The molecule has 1 aromatic heterocycles. The molecule has 1 heterocycles. The number of nitrogens with zero attached hydrogens (tertiary/aromatic N) is 1. The van der Waals surface area contributed by atoms with Gasteiger partial charge >= 0.3 is 6.36 Å². The highest BCUT2D eigenvalue weighted by Crippen LogP contribution is 2.28. The Morgan fingerprint density at radius 1 is 1.40 bits per heavy atom. The van der Waals surface area contributed by atoms with Crippen LogP contribution in [0, 0.1) is 5.95 Å². The van der Waals surface area contributed by atoms with Crippen LogP contribution < -0.4 is 16.2 Å². The second-order valence-corrected chi connectivity index (χ2v) is 2.57. The van der Waals surface area contributed by atoms with Crippen molar-refractivity contribution in [1.82, 2.24) is 4.98 Å². The van der Waals surface area contributed by atoms with Crippen LogP contribution in [0.25, 0.3) is 0 Å². The number of alkyl halides is 3. The Balaban J connectivity index is 3.15. The van der Waals surface area contributed by atoms with Gasteiger partial charge in [0.25, 0.3) is 0 Å². The summed E-state index contributed by atoms with van der Waals surface area (Å²) in [5, 5.41) is 0. The minimum atomic E-state index is -4.93. The molecule has 0 spiro atoms. The molecule has 1 aromatic rings. The molecule has 84 valence electrons. The second-order valence-electron chi connectivity index (χ2n) is 2.57. The van der Waals surface area contributed by atoms with Crippen LogP contribution in [0.5, 0.6) is 5.75 Å². The molecule has 0 saturated heterocycles. The zero-order chi connectivity index (χ0) is 11.6. The molecule has 0 aliphatic carbocycles. The fourth-order valence-electron chi connectivity index (χ4n) is 0.937. The van der Waals surface area contributed by atoms with Crippen LogP contribution in [0.15, 0.2) is 6.07 Å². The first-order valence-corrected chi connectivity index (χ1v) is 3.74. The highest BCUT2D eigenvalue weighted by Gasteiger charge is 2.32. The fourth-order valence-corrected chi connectivity index (χ4v) is 0.937. The van der Waals surface area contributed by atoms with Gasteiger partial charge < -0.3 is 16.2 Å². The number of hydrogen-bond acceptors (Lipinski definition) is 4. The number of rotatable bonds is 2. The van der Waals surface area contributed by atoms with E-state index in [1.165, 1.54) is 0 Å². The molecule has 4 nitrogen and oxygen atoms in total. The van der Waals surface area contributed by atoms with Crippen molar-refractivity contribution in [1.29, 1.82) is 0 Å². The highest BCUT2D eigenvalue weighted by molar-refractivity contribution is 5.42. The molecule has 4 N–H and O–H groups in total. The Hall–Kier alpha value is -1.57. The number of pyridine rings is 1. The average Bonchev–Trinajstić information content (AvgIpc) is 1.99. The molecule has 15 heavy (non-hydrogen) atoms. The molecule has 1 rings (SSSR count). The maximum absolute atomic E-state index is 13.0. The first-order valence-electron chi connectivity index (χ1n) is 3.74. The fraction of sp³-hybridized carbons (Fsp3) is 0.286. The van der Waals surface area contributed by atoms with Gasteiger partial charge in [0.15, 0.2) is 0 Å². The van der Waals surface area contributed by atoms with Gasteiger partial charge in [0.1, 0.15) is 11.6 Å². The number of nitrogens with two attached hydrogens (primary N) is 2. The maximum atomic E-state index is 13.0. The van der Waals surface area contributed by atoms with E-state index in [0.29, 0.717) is 0 Å². The summed E-state index contributed by atoms with van der Waals surface area (Å²) in [6, 6.07) is 0.763. The Morgan fingerprint density at radius 3 is 2.47 bits per heavy atom. The van der Waals surface area contributed by atoms with Crippen LogP contribution in [-0.4, -0.2) is 11.3 Å². The van der Waals surface area contributed by atoms with Crippen molar-refractivity contribution in [2.45, 2.75) is 12.9 Å². The third kappa shape index (κ3) is 2.94. The number of ether oxygens (including phenoxy) is 1. The van der Waals surface area contributed by atoms with Gasteiger partial charge in [-0.1, -0.05) is 0 Å². The predicted octanol–water partition coefficient (Wildman–Crippen LogP) is 1.16. The van der Waals surface area contributed by atoms with Crippen molar-refractivity contribution in [3.05, 3.63) is 17.6 Å². The van der Waals surface area contributed by atoms with Crippen molar-refractivity contribution >= 4 is 5.82 Å². The van der Waals surface area contributed by atoms with Crippen molar-refractivity contribution in [2.75, 3.05) is 5.73 Å². The first kappa shape index (κ1) is 11.5. The number of anilines is 1. The molecule has 0 unspecified atom stereocenters. The van der Waals surface area contributed by atoms with Crippen molar-refractivity contribution in [3.8, 4) is 5.75 Å². The lowest BCUT2D eigenvalue weighted by Crippen LogP contribution is -2.20. The third-order valence-corrected chi connectivity index (χ3v) is 1.48. The predicted molar refractivity (Wildman–Crippen MR) is 43.2 cm³/mol. The Bertz CT molecular complexity index is 366. The Morgan fingerprint density at radius 2 is 2.00 bits per heavy atom. The minimum absolute atomic E-state index is 0.413. The zero-order valence-electron chi connectivity index (χ0n) is 7.31. The van der Waals surface area contributed by atoms with Gasteiger partial charge in [-0.05, 0) is 0 Å². The van der Waals surface area contributed by atoms with Crippen molar-refractivity contribution in [2.24, 2.45) is 5.73 Å². The summed E-state index contributed by atoms with van der Waals surface area (Å²) in [5.41, 5.74) is 9.64. The number of halogens is 4. The van der Waals surface area contributed by atoms with Crippen molar-refractivity contribution in [3.63, 3.8) is 0 Å². The third-order valence-electron chi connectivity index (χ3n) is 1.48. The Kier molecular flexibility index (Phi) is 2.98. The van der Waals surface area contributed by atoms with Gasteiger partial charge in [0.05, 0.1) is 5.56 Å².